The molecule has 0 fully saturated rings. The van der Waals surface area contributed by atoms with Crippen LogP contribution in [-0.4, -0.2) is 41.9 Å². The highest BCUT2D eigenvalue weighted by Gasteiger charge is 2.26. The van der Waals surface area contributed by atoms with E-state index in [4.69, 9.17) is 0 Å². The molecule has 0 aromatic carbocycles. The van der Waals surface area contributed by atoms with Crippen molar-refractivity contribution in [1.29, 1.82) is 0 Å². The van der Waals surface area contributed by atoms with Crippen LogP contribution in [0.2, 0.25) is 0 Å². The van der Waals surface area contributed by atoms with Crippen LogP contribution >= 0.6 is 0 Å². The third-order valence-corrected chi connectivity index (χ3v) is 9.59. The smallest absolute Gasteiger partial charge is 0.266 e. The van der Waals surface area contributed by atoms with Gasteiger partial charge in [0, 0.05) is 6.42 Å². The van der Waals surface area contributed by atoms with E-state index in [1.54, 1.807) is 0 Å². The summed E-state index contributed by atoms with van der Waals surface area (Å²) in [6, 6.07) is -0.961. The van der Waals surface area contributed by atoms with Gasteiger partial charge in [-0.3, -0.25) is 9.35 Å². The molecule has 0 saturated heterocycles. The number of hydrogen-bond donors (Lipinski definition) is 3. The Morgan fingerprint density at radius 1 is 0.535 bits per heavy atom. The summed E-state index contributed by atoms with van der Waals surface area (Å²) in [7, 11) is -4.29. The number of nitrogens with one attached hydrogen (secondary N) is 1. The lowest BCUT2D eigenvalue weighted by atomic mass is 10.0. The molecular weight excluding hydrogens is 558 g/mol. The van der Waals surface area contributed by atoms with E-state index < -0.39 is 28.0 Å². The van der Waals surface area contributed by atoms with Crippen LogP contribution in [0.5, 0.6) is 0 Å². The van der Waals surface area contributed by atoms with E-state index in [0.717, 1.165) is 38.5 Å². The van der Waals surface area contributed by atoms with E-state index in [9.17, 15) is 22.9 Å². The molecule has 0 aromatic rings. The predicted molar refractivity (Wildman–Crippen MR) is 184 cm³/mol. The van der Waals surface area contributed by atoms with Crippen LogP contribution < -0.4 is 5.32 Å². The number of amides is 1. The highest BCUT2D eigenvalue weighted by Crippen LogP contribution is 2.16. The Morgan fingerprint density at radius 2 is 0.837 bits per heavy atom. The largest absolute Gasteiger partial charge is 0.391 e. The van der Waals surface area contributed by atoms with Crippen LogP contribution in [0.25, 0.3) is 0 Å². The zero-order valence-corrected chi connectivity index (χ0v) is 29.4. The number of aliphatic hydroxyl groups excluding tert-OH is 1. The van der Waals surface area contributed by atoms with Crippen molar-refractivity contribution in [3.63, 3.8) is 0 Å². The van der Waals surface area contributed by atoms with Crippen molar-refractivity contribution in [2.24, 2.45) is 0 Å². The summed E-state index contributed by atoms with van der Waals surface area (Å²) in [6.45, 7) is 4.48. The molecule has 0 radical (unpaired) electrons. The predicted octanol–water partition coefficient (Wildman–Crippen LogP) is 10.5. The van der Waals surface area contributed by atoms with Crippen LogP contribution in [0.4, 0.5) is 0 Å². The molecule has 43 heavy (non-hydrogen) atoms. The third-order valence-electron chi connectivity index (χ3n) is 8.81. The lowest BCUT2D eigenvalue weighted by Crippen LogP contribution is -2.47. The number of carbonyl (C=O) groups excluding carboxylic acids is 1. The second-order valence-electron chi connectivity index (χ2n) is 13.2. The Hall–Kier alpha value is -0.660. The lowest BCUT2D eigenvalue weighted by Gasteiger charge is -2.23. The van der Waals surface area contributed by atoms with Crippen molar-refractivity contribution < 1.29 is 22.9 Å². The quantitative estimate of drug-likeness (QED) is 0.0484. The average molecular weight is 632 g/mol. The van der Waals surface area contributed by atoms with E-state index in [1.165, 1.54) is 141 Å². The number of unbranched alkanes of at least 4 members (excludes halogenated alkanes) is 26. The van der Waals surface area contributed by atoms with Gasteiger partial charge in [0.05, 0.1) is 17.9 Å². The minimum Gasteiger partial charge on any atom is -0.391 e. The second kappa shape index (κ2) is 31.3. The van der Waals surface area contributed by atoms with E-state index in [0.29, 0.717) is 12.8 Å². The molecule has 6 nitrogen and oxygen atoms in total. The van der Waals surface area contributed by atoms with Crippen LogP contribution in [0, 0.1) is 0 Å². The van der Waals surface area contributed by atoms with E-state index in [1.807, 2.05) is 0 Å². The molecule has 0 aromatic heterocycles. The zero-order valence-electron chi connectivity index (χ0n) is 28.6. The van der Waals surface area contributed by atoms with Gasteiger partial charge >= 0.3 is 0 Å². The number of hydrogen-bond acceptors (Lipinski definition) is 4. The minimum atomic E-state index is -4.29. The SMILES string of the molecule is CCCCCCCCCCCCCCCCCCCCCCC(=O)NC(CS(=O)(=O)O)C(O)CCCCCCCCCC. The summed E-state index contributed by atoms with van der Waals surface area (Å²) < 4.78 is 32.3. The van der Waals surface area contributed by atoms with Gasteiger partial charge in [0.1, 0.15) is 0 Å². The van der Waals surface area contributed by atoms with Crippen LogP contribution in [-0.2, 0) is 14.9 Å². The fourth-order valence-corrected chi connectivity index (χ4v) is 6.74. The van der Waals surface area contributed by atoms with E-state index >= 15 is 0 Å². The highest BCUT2D eigenvalue weighted by molar-refractivity contribution is 7.85. The lowest BCUT2D eigenvalue weighted by molar-refractivity contribution is -0.122. The molecule has 0 saturated carbocycles. The molecule has 0 bridgehead atoms. The summed E-state index contributed by atoms with van der Waals surface area (Å²) in [4.78, 5) is 12.4. The maximum Gasteiger partial charge on any atom is 0.266 e. The Balaban J connectivity index is 3.74. The fraction of sp³-hybridized carbons (Fsp3) is 0.972. The zero-order chi connectivity index (χ0) is 31.9. The van der Waals surface area contributed by atoms with Gasteiger partial charge in [0.25, 0.3) is 10.1 Å². The molecule has 0 spiro atoms. The summed E-state index contributed by atoms with van der Waals surface area (Å²) in [5.41, 5.74) is 0. The van der Waals surface area contributed by atoms with Crippen molar-refractivity contribution in [2.75, 3.05) is 5.75 Å². The van der Waals surface area contributed by atoms with Crippen LogP contribution in [0.1, 0.15) is 206 Å². The molecular formula is C36H73NO5S. The van der Waals surface area contributed by atoms with E-state index in [2.05, 4.69) is 19.2 Å². The van der Waals surface area contributed by atoms with Gasteiger partial charge in [0.2, 0.25) is 5.91 Å². The van der Waals surface area contributed by atoms with Gasteiger partial charge in [-0.05, 0) is 12.8 Å². The Labute approximate surface area is 268 Å². The standard InChI is InChI=1S/C36H73NO5S/c1-3-5-7-9-11-13-14-15-16-17-18-19-20-21-22-23-24-26-28-30-32-36(39)37-34(33-43(40,41)42)35(38)31-29-27-25-12-10-8-6-4-2/h34-35,38H,3-33H2,1-2H3,(H,37,39)(H,40,41,42). The Bertz CT molecular complexity index is 700. The van der Waals surface area contributed by atoms with Gasteiger partial charge in [-0.15, -0.1) is 0 Å². The van der Waals surface area contributed by atoms with Gasteiger partial charge in [-0.25, -0.2) is 0 Å². The van der Waals surface area contributed by atoms with Crippen LogP contribution in [0.3, 0.4) is 0 Å². The topological polar surface area (TPSA) is 104 Å². The molecule has 0 heterocycles. The first-order valence-corrected chi connectivity index (χ1v) is 20.3. The Kier molecular flexibility index (Phi) is 30.8. The van der Waals surface area contributed by atoms with Gasteiger partial charge < -0.3 is 10.4 Å². The molecule has 0 rings (SSSR count). The molecule has 0 aliphatic heterocycles. The van der Waals surface area contributed by atoms with Gasteiger partial charge in [-0.1, -0.05) is 187 Å². The Morgan fingerprint density at radius 3 is 1.16 bits per heavy atom. The average Bonchev–Trinajstić information content (AvgIpc) is 2.96. The molecule has 0 aliphatic carbocycles. The summed E-state index contributed by atoms with van der Waals surface area (Å²) in [5, 5.41) is 13.2. The molecule has 0 aliphatic rings. The first kappa shape index (κ1) is 42.3. The molecule has 7 heteroatoms. The first-order valence-electron chi connectivity index (χ1n) is 18.7. The number of carbonyl (C=O) groups is 1. The minimum absolute atomic E-state index is 0.244. The molecule has 2 unspecified atom stereocenters. The number of aliphatic hydroxyl groups is 1. The van der Waals surface area contributed by atoms with Gasteiger partial charge in [0.15, 0.2) is 0 Å². The fourth-order valence-electron chi connectivity index (χ4n) is 5.98. The van der Waals surface area contributed by atoms with E-state index in [-0.39, 0.29) is 5.91 Å². The van der Waals surface area contributed by atoms with Crippen LogP contribution in [0.15, 0.2) is 0 Å². The van der Waals surface area contributed by atoms with Crippen molar-refractivity contribution in [2.45, 2.75) is 219 Å². The summed E-state index contributed by atoms with van der Waals surface area (Å²) in [6.07, 6.45) is 35.0. The van der Waals surface area contributed by atoms with Crippen molar-refractivity contribution in [1.82, 2.24) is 5.32 Å². The maximum atomic E-state index is 12.4. The molecule has 3 N–H and O–H groups in total. The maximum absolute atomic E-state index is 12.4. The number of rotatable bonds is 34. The first-order chi connectivity index (χ1) is 20.8. The summed E-state index contributed by atoms with van der Waals surface area (Å²) >= 11 is 0. The molecule has 258 valence electrons. The highest BCUT2D eigenvalue weighted by atomic mass is 32.2. The van der Waals surface area contributed by atoms with Crippen molar-refractivity contribution >= 4 is 16.0 Å². The molecule has 1 amide bonds. The third kappa shape index (κ3) is 32.5. The monoisotopic (exact) mass is 632 g/mol. The van der Waals surface area contributed by atoms with Crippen molar-refractivity contribution in [3.05, 3.63) is 0 Å². The van der Waals surface area contributed by atoms with Gasteiger partial charge in [-0.2, -0.15) is 8.42 Å². The van der Waals surface area contributed by atoms with Crippen molar-refractivity contribution in [3.8, 4) is 0 Å². The molecule has 2 atom stereocenters. The normalized spacial score (nSPS) is 13.3. The summed E-state index contributed by atoms with van der Waals surface area (Å²) in [5.74, 6) is -0.887. The second-order valence-corrected chi connectivity index (χ2v) is 14.7.